The van der Waals surface area contributed by atoms with Gasteiger partial charge in [-0.2, -0.15) is 11.8 Å². The molecule has 2 atom stereocenters. The Morgan fingerprint density at radius 3 is 2.80 bits per heavy atom. The van der Waals surface area contributed by atoms with Crippen LogP contribution in [0.5, 0.6) is 0 Å². The third-order valence-corrected chi connectivity index (χ3v) is 6.45. The van der Waals surface area contributed by atoms with Crippen LogP contribution < -0.4 is 5.32 Å². The zero-order valence-corrected chi connectivity index (χ0v) is 16.4. The Kier molecular flexibility index (Phi) is 6.79. The van der Waals surface area contributed by atoms with Crippen molar-refractivity contribution in [3.05, 3.63) is 29.8 Å². The van der Waals surface area contributed by atoms with Crippen LogP contribution in [0.4, 0.5) is 5.69 Å². The normalized spacial score (nSPS) is 24.6. The Morgan fingerprint density at radius 2 is 2.12 bits per heavy atom. The molecule has 2 saturated heterocycles. The lowest BCUT2D eigenvalue weighted by atomic mass is 10.00. The summed E-state index contributed by atoms with van der Waals surface area (Å²) in [5.74, 6) is 3.25. The van der Waals surface area contributed by atoms with E-state index < -0.39 is 0 Å². The van der Waals surface area contributed by atoms with E-state index in [-0.39, 0.29) is 5.91 Å². The maximum Gasteiger partial charge on any atom is 0.238 e. The molecule has 1 aromatic rings. The molecule has 2 fully saturated rings. The smallest absolute Gasteiger partial charge is 0.238 e. The summed E-state index contributed by atoms with van der Waals surface area (Å²) in [5.41, 5.74) is 2.22. The minimum Gasteiger partial charge on any atom is -0.325 e. The summed E-state index contributed by atoms with van der Waals surface area (Å²) in [7, 11) is 2.05. The van der Waals surface area contributed by atoms with Gasteiger partial charge in [0.15, 0.2) is 0 Å². The Balaban J connectivity index is 1.46. The number of nitrogens with zero attached hydrogens (tertiary/aromatic N) is 2. The van der Waals surface area contributed by atoms with Crippen LogP contribution in [0.2, 0.25) is 0 Å². The number of amides is 1. The highest BCUT2D eigenvalue weighted by atomic mass is 32.2. The largest absolute Gasteiger partial charge is 0.325 e. The number of likely N-dealkylation sites (tertiary alicyclic amines) is 1. The van der Waals surface area contributed by atoms with Crippen molar-refractivity contribution in [3.8, 4) is 0 Å². The molecule has 0 unspecified atom stereocenters. The quantitative estimate of drug-likeness (QED) is 0.843. The molecule has 1 N–H and O–H groups in total. The molecule has 0 spiro atoms. The van der Waals surface area contributed by atoms with Crippen LogP contribution in [0, 0.1) is 5.92 Å². The third kappa shape index (κ3) is 5.73. The molecule has 0 bridgehead atoms. The highest BCUT2D eigenvalue weighted by molar-refractivity contribution is 7.99. The average molecular weight is 362 g/mol. The van der Waals surface area contributed by atoms with E-state index >= 15 is 0 Å². The minimum atomic E-state index is 0.0806. The summed E-state index contributed by atoms with van der Waals surface area (Å²) in [6, 6.07) is 8.90. The summed E-state index contributed by atoms with van der Waals surface area (Å²) in [4.78, 5) is 17.0. The second-order valence-corrected chi connectivity index (χ2v) is 8.81. The first-order valence-corrected chi connectivity index (χ1v) is 10.6. The van der Waals surface area contributed by atoms with Gasteiger partial charge in [0, 0.05) is 30.6 Å². The third-order valence-electron chi connectivity index (χ3n) is 5.31. The van der Waals surface area contributed by atoms with Crippen LogP contribution in [0.15, 0.2) is 24.3 Å². The molecule has 0 radical (unpaired) electrons. The monoisotopic (exact) mass is 361 g/mol. The number of hydrogen-bond donors (Lipinski definition) is 1. The molecule has 0 saturated carbocycles. The van der Waals surface area contributed by atoms with Crippen LogP contribution in [-0.4, -0.2) is 59.9 Å². The fourth-order valence-electron chi connectivity index (χ4n) is 3.81. The highest BCUT2D eigenvalue weighted by Crippen LogP contribution is 2.21. The number of nitrogens with one attached hydrogen (secondary N) is 1. The van der Waals surface area contributed by atoms with Gasteiger partial charge in [-0.05, 0) is 62.2 Å². The standard InChI is InChI=1S/C20H31N3OS/c1-16-4-3-10-23(12-16)13-17-5-7-18(8-6-17)21-20(24)14-22(2)19-9-11-25-15-19/h5-8,16,19H,3-4,9-15H2,1-2H3,(H,21,24)/t16-,19-/m1/s1. The molecule has 4 nitrogen and oxygen atoms in total. The van der Waals surface area contributed by atoms with Crippen LogP contribution in [0.25, 0.3) is 0 Å². The van der Waals surface area contributed by atoms with E-state index in [0.29, 0.717) is 12.6 Å². The Morgan fingerprint density at radius 1 is 1.32 bits per heavy atom. The van der Waals surface area contributed by atoms with E-state index in [4.69, 9.17) is 0 Å². The van der Waals surface area contributed by atoms with E-state index in [1.54, 1.807) is 0 Å². The number of piperidine rings is 1. The Labute approximate surface area is 156 Å². The zero-order valence-electron chi connectivity index (χ0n) is 15.5. The van der Waals surface area contributed by atoms with E-state index in [1.165, 1.54) is 43.7 Å². The van der Waals surface area contributed by atoms with Crippen molar-refractivity contribution in [1.82, 2.24) is 9.80 Å². The first kappa shape index (κ1) is 18.7. The van der Waals surface area contributed by atoms with E-state index in [1.807, 2.05) is 23.9 Å². The molecule has 138 valence electrons. The summed E-state index contributed by atoms with van der Waals surface area (Å²) in [6.07, 6.45) is 3.86. The summed E-state index contributed by atoms with van der Waals surface area (Å²) < 4.78 is 0. The molecule has 25 heavy (non-hydrogen) atoms. The molecule has 2 aliphatic heterocycles. The van der Waals surface area contributed by atoms with Crippen LogP contribution in [0.3, 0.4) is 0 Å². The van der Waals surface area contributed by atoms with Crippen molar-refractivity contribution < 1.29 is 4.79 Å². The number of carbonyl (C=O) groups is 1. The van der Waals surface area contributed by atoms with Crippen molar-refractivity contribution in [2.75, 3.05) is 43.5 Å². The first-order chi connectivity index (χ1) is 12.1. The lowest BCUT2D eigenvalue weighted by Gasteiger charge is -2.30. The van der Waals surface area contributed by atoms with Crippen molar-refractivity contribution in [2.24, 2.45) is 5.92 Å². The van der Waals surface area contributed by atoms with E-state index in [2.05, 4.69) is 41.2 Å². The molecule has 2 aliphatic rings. The molecule has 0 aliphatic carbocycles. The topological polar surface area (TPSA) is 35.6 Å². The predicted octanol–water partition coefficient (Wildman–Crippen LogP) is 3.29. The van der Waals surface area contributed by atoms with Crippen molar-refractivity contribution in [3.63, 3.8) is 0 Å². The van der Waals surface area contributed by atoms with Crippen molar-refractivity contribution in [1.29, 1.82) is 0 Å². The number of benzene rings is 1. The Bertz CT molecular complexity index is 557. The second kappa shape index (κ2) is 9.06. The van der Waals surface area contributed by atoms with Crippen LogP contribution in [0.1, 0.15) is 31.7 Å². The minimum absolute atomic E-state index is 0.0806. The second-order valence-electron chi connectivity index (χ2n) is 7.66. The first-order valence-electron chi connectivity index (χ1n) is 9.49. The van der Waals surface area contributed by atoms with Crippen molar-refractivity contribution >= 4 is 23.4 Å². The van der Waals surface area contributed by atoms with Crippen molar-refractivity contribution in [2.45, 2.75) is 38.8 Å². The lowest BCUT2D eigenvalue weighted by Crippen LogP contribution is -2.38. The fraction of sp³-hybridized carbons (Fsp3) is 0.650. The number of hydrogen-bond acceptors (Lipinski definition) is 4. The average Bonchev–Trinajstić information content (AvgIpc) is 3.11. The molecular weight excluding hydrogens is 330 g/mol. The zero-order chi connectivity index (χ0) is 17.6. The van der Waals surface area contributed by atoms with Crippen LogP contribution >= 0.6 is 11.8 Å². The SMILES string of the molecule is C[C@@H]1CCCN(Cc2ccc(NC(=O)CN(C)[C@@H]3CCSC3)cc2)C1. The molecular formula is C20H31N3OS. The van der Waals surface area contributed by atoms with Gasteiger partial charge in [0.1, 0.15) is 0 Å². The van der Waals surface area contributed by atoms with Crippen LogP contribution in [-0.2, 0) is 11.3 Å². The van der Waals surface area contributed by atoms with Gasteiger partial charge in [0.2, 0.25) is 5.91 Å². The summed E-state index contributed by atoms with van der Waals surface area (Å²) in [6.45, 7) is 6.23. The molecule has 2 heterocycles. The maximum absolute atomic E-state index is 12.2. The number of likely N-dealkylation sites (N-methyl/N-ethyl adjacent to an activating group) is 1. The number of thioether (sulfide) groups is 1. The maximum atomic E-state index is 12.2. The van der Waals surface area contributed by atoms with Gasteiger partial charge in [0.25, 0.3) is 0 Å². The lowest BCUT2D eigenvalue weighted by molar-refractivity contribution is -0.117. The van der Waals surface area contributed by atoms with Gasteiger partial charge in [-0.15, -0.1) is 0 Å². The van der Waals surface area contributed by atoms with Gasteiger partial charge < -0.3 is 5.32 Å². The number of anilines is 1. The molecule has 3 rings (SSSR count). The molecule has 5 heteroatoms. The van der Waals surface area contributed by atoms with E-state index in [0.717, 1.165) is 23.9 Å². The van der Waals surface area contributed by atoms with Gasteiger partial charge in [-0.1, -0.05) is 19.1 Å². The summed E-state index contributed by atoms with van der Waals surface area (Å²) in [5, 5.41) is 3.03. The van der Waals surface area contributed by atoms with Gasteiger partial charge in [0.05, 0.1) is 6.54 Å². The molecule has 1 aromatic carbocycles. The van der Waals surface area contributed by atoms with Gasteiger partial charge >= 0.3 is 0 Å². The Hall–Kier alpha value is -1.04. The number of carbonyl (C=O) groups excluding carboxylic acids is 1. The van der Waals surface area contributed by atoms with Gasteiger partial charge in [-0.25, -0.2) is 0 Å². The fourth-order valence-corrected chi connectivity index (χ4v) is 5.11. The highest BCUT2D eigenvalue weighted by Gasteiger charge is 2.21. The number of rotatable bonds is 6. The molecule has 1 amide bonds. The van der Waals surface area contributed by atoms with E-state index in [9.17, 15) is 4.79 Å². The van der Waals surface area contributed by atoms with Gasteiger partial charge in [-0.3, -0.25) is 14.6 Å². The predicted molar refractivity (Wildman–Crippen MR) is 107 cm³/mol. The summed E-state index contributed by atoms with van der Waals surface area (Å²) >= 11 is 1.98. The molecule has 0 aromatic heterocycles.